The molecule has 2 N–H and O–H groups in total. The van der Waals surface area contributed by atoms with Gasteiger partial charge in [0.1, 0.15) is 11.6 Å². The van der Waals surface area contributed by atoms with Crippen molar-refractivity contribution in [1.29, 1.82) is 0 Å². The van der Waals surface area contributed by atoms with Crippen molar-refractivity contribution in [3.05, 3.63) is 60.7 Å². The number of ether oxygens (including phenoxy) is 3. The lowest BCUT2D eigenvalue weighted by Gasteiger charge is -2.43. The highest BCUT2D eigenvalue weighted by atomic mass is 28.4. The molecule has 0 bridgehead atoms. The molecule has 2 amide bonds. The van der Waals surface area contributed by atoms with E-state index in [0.29, 0.717) is 19.4 Å². The van der Waals surface area contributed by atoms with Crippen LogP contribution in [0.2, 0.25) is 5.04 Å². The zero-order valence-electron chi connectivity index (χ0n) is 29.2. The molecule has 11 heteroatoms. The molecule has 2 saturated heterocycles. The first-order valence-corrected chi connectivity index (χ1v) is 18.4. The van der Waals surface area contributed by atoms with E-state index in [2.05, 4.69) is 74.6 Å². The van der Waals surface area contributed by atoms with E-state index in [9.17, 15) is 19.5 Å². The van der Waals surface area contributed by atoms with Crippen LogP contribution >= 0.6 is 0 Å². The number of amides is 2. The minimum absolute atomic E-state index is 0.177. The zero-order chi connectivity index (χ0) is 34.8. The Kier molecular flexibility index (Phi) is 11.0. The number of carboxylic acid groups (broad SMARTS) is 1. The molecule has 0 aliphatic carbocycles. The van der Waals surface area contributed by atoms with Gasteiger partial charge in [0.05, 0.1) is 18.2 Å². The van der Waals surface area contributed by atoms with Crippen molar-refractivity contribution in [2.24, 2.45) is 0 Å². The molecule has 5 atom stereocenters. The number of carbonyl (C=O) groups excluding carboxylic acids is 2. The normalized spacial score (nSPS) is 24.9. The molecule has 2 aliphatic rings. The Morgan fingerprint density at radius 2 is 1.40 bits per heavy atom. The second-order valence-electron chi connectivity index (χ2n) is 15.1. The molecule has 2 aromatic rings. The lowest BCUT2D eigenvalue weighted by Crippen LogP contribution is -2.68. The van der Waals surface area contributed by atoms with E-state index in [1.807, 2.05) is 26.0 Å². The minimum atomic E-state index is -2.75. The Hall–Kier alpha value is -3.25. The Morgan fingerprint density at radius 3 is 1.87 bits per heavy atom. The number of carboxylic acids is 1. The number of carbonyl (C=O) groups is 3. The topological polar surface area (TPSA) is 124 Å². The number of benzene rings is 2. The Labute approximate surface area is 280 Å². The highest BCUT2D eigenvalue weighted by molar-refractivity contribution is 6.99. The van der Waals surface area contributed by atoms with Gasteiger partial charge in [0, 0.05) is 6.61 Å². The van der Waals surface area contributed by atoms with Gasteiger partial charge in [-0.05, 0) is 76.2 Å². The summed E-state index contributed by atoms with van der Waals surface area (Å²) in [6.07, 6.45) is -0.333. The van der Waals surface area contributed by atoms with E-state index in [1.165, 1.54) is 17.3 Å². The Balaban J connectivity index is 1.53. The molecule has 10 nitrogen and oxygen atoms in total. The molecule has 0 radical (unpaired) electrons. The summed E-state index contributed by atoms with van der Waals surface area (Å²) in [5.74, 6) is -2.50. The monoisotopic (exact) mass is 668 g/mol. The summed E-state index contributed by atoms with van der Waals surface area (Å²) in [7, 11) is -2.75. The van der Waals surface area contributed by atoms with Gasteiger partial charge in [0.2, 0.25) is 5.91 Å². The van der Waals surface area contributed by atoms with Gasteiger partial charge >= 0.3 is 12.1 Å². The van der Waals surface area contributed by atoms with Gasteiger partial charge in [-0.15, -0.1) is 0 Å². The van der Waals surface area contributed by atoms with Gasteiger partial charge in [-0.3, -0.25) is 9.69 Å². The van der Waals surface area contributed by atoms with Crippen LogP contribution < -0.4 is 15.7 Å². The summed E-state index contributed by atoms with van der Waals surface area (Å²) in [5.41, 5.74) is -0.854. The van der Waals surface area contributed by atoms with Crippen LogP contribution in [0.15, 0.2) is 60.7 Å². The number of nitrogens with one attached hydrogen (secondary N) is 1. The number of nitrogens with zero attached hydrogens (tertiary/aromatic N) is 1. The summed E-state index contributed by atoms with van der Waals surface area (Å²) in [6, 6.07) is 17.7. The number of hydrogen-bond donors (Lipinski definition) is 2. The fraction of sp³-hybridized carbons (Fsp3) is 0.583. The molecular formula is C36H52N2O8Si. The van der Waals surface area contributed by atoms with Crippen LogP contribution in [0.25, 0.3) is 0 Å². The van der Waals surface area contributed by atoms with Crippen molar-refractivity contribution in [1.82, 2.24) is 10.2 Å². The molecule has 4 rings (SSSR count). The van der Waals surface area contributed by atoms with Gasteiger partial charge in [-0.1, -0.05) is 81.4 Å². The smallest absolute Gasteiger partial charge is 0.411 e. The molecule has 258 valence electrons. The second-order valence-corrected chi connectivity index (χ2v) is 19.4. The van der Waals surface area contributed by atoms with Gasteiger partial charge < -0.3 is 29.1 Å². The van der Waals surface area contributed by atoms with Crippen molar-refractivity contribution < 1.29 is 38.1 Å². The van der Waals surface area contributed by atoms with E-state index in [4.69, 9.17) is 18.6 Å². The molecule has 2 aliphatic heterocycles. The third-order valence-electron chi connectivity index (χ3n) is 8.85. The molecule has 0 aromatic heterocycles. The van der Waals surface area contributed by atoms with Crippen LogP contribution in [-0.4, -0.2) is 84.6 Å². The Bertz CT molecular complexity index is 1350. The first kappa shape index (κ1) is 36.6. The van der Waals surface area contributed by atoms with Crippen LogP contribution in [0.4, 0.5) is 4.79 Å². The average Bonchev–Trinajstić information content (AvgIpc) is 3.27. The van der Waals surface area contributed by atoms with E-state index in [-0.39, 0.29) is 23.7 Å². The molecule has 0 saturated carbocycles. The molecule has 0 unspecified atom stereocenters. The fourth-order valence-electron chi connectivity index (χ4n) is 6.88. The number of aliphatic carboxylic acids is 1. The Morgan fingerprint density at radius 1 is 0.894 bits per heavy atom. The van der Waals surface area contributed by atoms with Gasteiger partial charge in [0.25, 0.3) is 8.32 Å². The number of rotatable bonds is 10. The highest BCUT2D eigenvalue weighted by Gasteiger charge is 2.51. The maximum absolute atomic E-state index is 13.1. The fourth-order valence-corrected chi connectivity index (χ4v) is 11.5. The largest absolute Gasteiger partial charge is 0.480 e. The summed E-state index contributed by atoms with van der Waals surface area (Å²) in [6.45, 7) is 17.4. The summed E-state index contributed by atoms with van der Waals surface area (Å²) in [5, 5.41) is 15.3. The minimum Gasteiger partial charge on any atom is -0.480 e. The van der Waals surface area contributed by atoms with Crippen molar-refractivity contribution in [3.8, 4) is 0 Å². The van der Waals surface area contributed by atoms with E-state index in [0.717, 1.165) is 4.90 Å². The third kappa shape index (κ3) is 8.25. The lowest BCUT2D eigenvalue weighted by atomic mass is 9.93. The van der Waals surface area contributed by atoms with Gasteiger partial charge in [0.15, 0.2) is 11.8 Å². The van der Waals surface area contributed by atoms with E-state index >= 15 is 0 Å². The molecular weight excluding hydrogens is 616 g/mol. The molecule has 2 aromatic carbocycles. The van der Waals surface area contributed by atoms with Crippen LogP contribution in [-0.2, 0) is 28.2 Å². The van der Waals surface area contributed by atoms with Crippen LogP contribution in [0, 0.1) is 0 Å². The van der Waals surface area contributed by atoms with Crippen molar-refractivity contribution >= 4 is 36.7 Å². The van der Waals surface area contributed by atoms with Crippen molar-refractivity contribution in [2.75, 3.05) is 6.61 Å². The van der Waals surface area contributed by atoms with Gasteiger partial charge in [-0.2, -0.15) is 0 Å². The zero-order valence-corrected chi connectivity index (χ0v) is 30.2. The van der Waals surface area contributed by atoms with E-state index in [1.54, 1.807) is 20.8 Å². The van der Waals surface area contributed by atoms with Crippen LogP contribution in [0.1, 0.15) is 81.6 Å². The quantitative estimate of drug-likeness (QED) is 0.345. The highest BCUT2D eigenvalue weighted by Crippen LogP contribution is 2.38. The first-order chi connectivity index (χ1) is 21.9. The molecule has 0 spiro atoms. The summed E-state index contributed by atoms with van der Waals surface area (Å²) >= 11 is 0. The first-order valence-electron chi connectivity index (χ1n) is 16.5. The third-order valence-corrected chi connectivity index (χ3v) is 13.9. The number of hydrogen-bond acceptors (Lipinski definition) is 7. The predicted octanol–water partition coefficient (Wildman–Crippen LogP) is 4.83. The van der Waals surface area contributed by atoms with E-state index < -0.39 is 55.8 Å². The molecule has 2 fully saturated rings. The predicted molar refractivity (Wildman–Crippen MR) is 182 cm³/mol. The maximum Gasteiger partial charge on any atom is 0.411 e. The van der Waals surface area contributed by atoms with Crippen LogP contribution in [0.5, 0.6) is 0 Å². The van der Waals surface area contributed by atoms with Crippen molar-refractivity contribution in [2.45, 2.75) is 128 Å². The number of piperazine rings is 1. The SMILES string of the molecule is C[C@H]1C(=O)N[C@@H](CC[C@H]2OC(C)(C)O[C@H]2CCO[Si](c2ccccc2)(c2ccccc2)C(C)(C)C)[C@@H](C(=O)O)N1C(=O)OC(C)(C)C. The standard InChI is InChI=1S/C36H52N2O8Si/c1-24-31(39)37-27(30(32(40)41)38(24)33(42)46-34(2,3)4)20-21-28-29(45-36(8,9)44-28)22-23-43-47(35(5,6)7,25-16-12-10-13-17-25)26-18-14-11-15-19-26/h10-19,24,27-30H,20-23H2,1-9H3,(H,37,39)(H,40,41)/t24-,27-,28+,29-,30-/m0/s1. The summed E-state index contributed by atoms with van der Waals surface area (Å²) in [4.78, 5) is 39.6. The molecule has 47 heavy (non-hydrogen) atoms. The average molecular weight is 669 g/mol. The second kappa shape index (κ2) is 14.1. The lowest BCUT2D eigenvalue weighted by molar-refractivity contribution is -0.153. The van der Waals surface area contributed by atoms with Crippen LogP contribution in [0.3, 0.4) is 0 Å². The maximum atomic E-state index is 13.1. The summed E-state index contributed by atoms with van der Waals surface area (Å²) < 4.78 is 25.3. The van der Waals surface area contributed by atoms with Gasteiger partial charge in [-0.25, -0.2) is 9.59 Å². The van der Waals surface area contributed by atoms with Crippen molar-refractivity contribution in [3.63, 3.8) is 0 Å². The molecule has 2 heterocycles.